The van der Waals surface area contributed by atoms with Gasteiger partial charge in [-0.15, -0.1) is 21.5 Å². The maximum atomic E-state index is 12.2. The van der Waals surface area contributed by atoms with Gasteiger partial charge in [-0.1, -0.05) is 24.3 Å². The van der Waals surface area contributed by atoms with Gasteiger partial charge in [-0.25, -0.2) is 4.98 Å². The van der Waals surface area contributed by atoms with Crippen molar-refractivity contribution in [1.82, 2.24) is 24.9 Å². The molecule has 4 aromatic rings. The Bertz CT molecular complexity index is 1120. The first kappa shape index (κ1) is 17.8. The number of fused-ring (bicyclic) bond motifs is 1. The molecular weight excluding hydrogens is 376 g/mol. The van der Waals surface area contributed by atoms with E-state index in [9.17, 15) is 9.59 Å². The Balaban J connectivity index is 1.32. The Labute approximate surface area is 164 Å². The minimum atomic E-state index is -0.232. The molecule has 0 unspecified atom stereocenters. The molecule has 0 aliphatic rings. The normalized spacial score (nSPS) is 10.7. The zero-order chi connectivity index (χ0) is 19.3. The molecule has 3 heterocycles. The monoisotopic (exact) mass is 392 g/mol. The third-order valence-electron chi connectivity index (χ3n) is 3.98. The summed E-state index contributed by atoms with van der Waals surface area (Å²) in [6.45, 7) is 0.270. The van der Waals surface area contributed by atoms with Crippen LogP contribution in [0.5, 0.6) is 0 Å². The summed E-state index contributed by atoms with van der Waals surface area (Å²) in [5.41, 5.74) is 1.87. The van der Waals surface area contributed by atoms with Gasteiger partial charge in [-0.05, 0) is 24.3 Å². The number of amides is 2. The van der Waals surface area contributed by atoms with E-state index < -0.39 is 0 Å². The lowest BCUT2D eigenvalue weighted by Gasteiger charge is -2.03. The van der Waals surface area contributed by atoms with Gasteiger partial charge in [-0.3, -0.25) is 19.3 Å². The molecule has 3 aromatic heterocycles. The molecule has 0 bridgehead atoms. The summed E-state index contributed by atoms with van der Waals surface area (Å²) >= 11 is 1.28. The Hall–Kier alpha value is -3.59. The minimum absolute atomic E-state index is 0.119. The lowest BCUT2D eigenvalue weighted by molar-refractivity contribution is -0.120. The molecule has 140 valence electrons. The number of nitrogens with zero attached hydrogens (tertiary/aromatic N) is 4. The number of hydrogen-bond acceptors (Lipinski definition) is 6. The van der Waals surface area contributed by atoms with Gasteiger partial charge in [0.2, 0.25) is 5.91 Å². The first-order valence-corrected chi connectivity index (χ1v) is 9.43. The van der Waals surface area contributed by atoms with E-state index >= 15 is 0 Å². The summed E-state index contributed by atoms with van der Waals surface area (Å²) in [6, 6.07) is 14.5. The van der Waals surface area contributed by atoms with Gasteiger partial charge < -0.3 is 5.32 Å². The third kappa shape index (κ3) is 4.04. The van der Waals surface area contributed by atoms with Gasteiger partial charge in [0.25, 0.3) is 5.91 Å². The number of thiazole rings is 1. The lowest BCUT2D eigenvalue weighted by Crippen LogP contribution is -2.25. The smallest absolute Gasteiger partial charge is 0.257 e. The molecular formula is C19H16N6O2S. The average Bonchev–Trinajstić information content (AvgIpc) is 3.34. The summed E-state index contributed by atoms with van der Waals surface area (Å²) in [7, 11) is 0. The van der Waals surface area contributed by atoms with Crippen LogP contribution in [-0.4, -0.2) is 31.4 Å². The highest BCUT2D eigenvalue weighted by Gasteiger charge is 2.12. The van der Waals surface area contributed by atoms with Gasteiger partial charge in [0.1, 0.15) is 0 Å². The van der Waals surface area contributed by atoms with Crippen molar-refractivity contribution < 1.29 is 9.59 Å². The van der Waals surface area contributed by atoms with Crippen molar-refractivity contribution in [3.05, 3.63) is 77.2 Å². The molecule has 0 aliphatic carbocycles. The summed E-state index contributed by atoms with van der Waals surface area (Å²) < 4.78 is 1.82. The van der Waals surface area contributed by atoms with Crippen molar-refractivity contribution in [3.63, 3.8) is 0 Å². The molecule has 0 fully saturated rings. The first-order valence-electron chi connectivity index (χ1n) is 8.55. The van der Waals surface area contributed by atoms with Gasteiger partial charge in [0.15, 0.2) is 16.6 Å². The number of aromatic nitrogens is 4. The zero-order valence-electron chi connectivity index (χ0n) is 14.7. The van der Waals surface area contributed by atoms with Crippen LogP contribution in [0.2, 0.25) is 0 Å². The second kappa shape index (κ2) is 7.97. The maximum Gasteiger partial charge on any atom is 0.257 e. The number of rotatable bonds is 6. The number of hydrogen-bond donors (Lipinski definition) is 2. The van der Waals surface area contributed by atoms with E-state index in [1.165, 1.54) is 11.3 Å². The molecule has 1 aromatic carbocycles. The predicted molar refractivity (Wildman–Crippen MR) is 105 cm³/mol. The van der Waals surface area contributed by atoms with Crippen LogP contribution in [0.25, 0.3) is 5.65 Å². The number of benzene rings is 1. The Morgan fingerprint density at radius 3 is 2.71 bits per heavy atom. The number of anilines is 1. The first-order chi connectivity index (χ1) is 13.7. The molecule has 2 N–H and O–H groups in total. The second-order valence-corrected chi connectivity index (χ2v) is 6.82. The van der Waals surface area contributed by atoms with Crippen molar-refractivity contribution in [1.29, 1.82) is 0 Å². The molecule has 28 heavy (non-hydrogen) atoms. The molecule has 0 spiro atoms. The fourth-order valence-electron chi connectivity index (χ4n) is 2.62. The van der Waals surface area contributed by atoms with Gasteiger partial charge in [0.05, 0.1) is 18.7 Å². The summed E-state index contributed by atoms with van der Waals surface area (Å²) in [6.07, 6.45) is 1.97. The van der Waals surface area contributed by atoms with Crippen LogP contribution in [0, 0.1) is 0 Å². The summed E-state index contributed by atoms with van der Waals surface area (Å²) in [5, 5.41) is 15.9. The van der Waals surface area contributed by atoms with Crippen LogP contribution in [0.1, 0.15) is 21.9 Å². The molecule has 0 radical (unpaired) electrons. The SMILES string of the molecule is O=C(Cc1csc(NC(=O)c2ccccc2)n1)NCc1nnc2ccccn12. The van der Waals surface area contributed by atoms with Gasteiger partial charge >= 0.3 is 0 Å². The van der Waals surface area contributed by atoms with E-state index in [0.717, 1.165) is 5.65 Å². The number of nitrogens with one attached hydrogen (secondary N) is 2. The van der Waals surface area contributed by atoms with Gasteiger partial charge in [-0.2, -0.15) is 0 Å². The largest absolute Gasteiger partial charge is 0.348 e. The van der Waals surface area contributed by atoms with E-state index in [1.807, 2.05) is 34.9 Å². The highest BCUT2D eigenvalue weighted by Crippen LogP contribution is 2.17. The minimum Gasteiger partial charge on any atom is -0.348 e. The highest BCUT2D eigenvalue weighted by molar-refractivity contribution is 7.14. The Morgan fingerprint density at radius 2 is 1.86 bits per heavy atom. The van der Waals surface area contributed by atoms with Crippen LogP contribution >= 0.6 is 11.3 Å². The Morgan fingerprint density at radius 1 is 1.04 bits per heavy atom. The third-order valence-corrected chi connectivity index (χ3v) is 4.78. The second-order valence-electron chi connectivity index (χ2n) is 5.96. The van der Waals surface area contributed by atoms with Crippen molar-refractivity contribution in [2.45, 2.75) is 13.0 Å². The number of carbonyl (C=O) groups is 2. The molecule has 2 amide bonds. The molecule has 0 aliphatic heterocycles. The van der Waals surface area contributed by atoms with Crippen LogP contribution in [0.15, 0.2) is 60.1 Å². The standard InChI is InChI=1S/C19H16N6O2S/c26-17(20-11-16-24-23-15-8-4-5-9-25(15)16)10-14-12-28-19(21-14)22-18(27)13-6-2-1-3-7-13/h1-9,12H,10-11H2,(H,20,26)(H,21,22,27). The fraction of sp³-hybridized carbons (Fsp3) is 0.105. The highest BCUT2D eigenvalue weighted by atomic mass is 32.1. The van der Waals surface area contributed by atoms with Crippen molar-refractivity contribution in [2.24, 2.45) is 0 Å². The molecule has 4 rings (SSSR count). The fourth-order valence-corrected chi connectivity index (χ4v) is 3.33. The topological polar surface area (TPSA) is 101 Å². The van der Waals surface area contributed by atoms with Crippen LogP contribution in [0.3, 0.4) is 0 Å². The van der Waals surface area contributed by atoms with E-state index in [2.05, 4.69) is 25.8 Å². The summed E-state index contributed by atoms with van der Waals surface area (Å²) in [5.74, 6) is 0.238. The zero-order valence-corrected chi connectivity index (χ0v) is 15.5. The molecule has 9 heteroatoms. The maximum absolute atomic E-state index is 12.2. The van der Waals surface area contributed by atoms with Crippen LogP contribution in [-0.2, 0) is 17.8 Å². The molecule has 0 saturated carbocycles. The van der Waals surface area contributed by atoms with E-state index in [-0.39, 0.29) is 24.8 Å². The van der Waals surface area contributed by atoms with E-state index in [0.29, 0.717) is 22.2 Å². The lowest BCUT2D eigenvalue weighted by atomic mass is 10.2. The predicted octanol–water partition coefficient (Wildman–Crippen LogP) is 2.30. The van der Waals surface area contributed by atoms with Crippen molar-refractivity contribution in [2.75, 3.05) is 5.32 Å². The summed E-state index contributed by atoms with van der Waals surface area (Å²) in [4.78, 5) is 28.7. The molecule has 0 atom stereocenters. The van der Waals surface area contributed by atoms with Crippen LogP contribution in [0.4, 0.5) is 5.13 Å². The quantitative estimate of drug-likeness (QED) is 0.524. The van der Waals surface area contributed by atoms with Gasteiger partial charge in [0, 0.05) is 17.1 Å². The van der Waals surface area contributed by atoms with Crippen LogP contribution < -0.4 is 10.6 Å². The average molecular weight is 392 g/mol. The van der Waals surface area contributed by atoms with E-state index in [4.69, 9.17) is 0 Å². The number of pyridine rings is 1. The number of carbonyl (C=O) groups excluding carboxylic acids is 2. The van der Waals surface area contributed by atoms with E-state index in [1.54, 1.807) is 29.6 Å². The Kier molecular flexibility index (Phi) is 5.07. The van der Waals surface area contributed by atoms with Crippen molar-refractivity contribution >= 4 is 33.9 Å². The molecule has 8 nitrogen and oxygen atoms in total. The van der Waals surface area contributed by atoms with Crippen molar-refractivity contribution in [3.8, 4) is 0 Å². The molecule has 0 saturated heterocycles.